The largest absolute Gasteiger partial charge is 0.389 e. The number of aliphatic hydroxyl groups is 1. The summed E-state index contributed by atoms with van der Waals surface area (Å²) in [4.78, 5) is 0. The van der Waals surface area contributed by atoms with Crippen LogP contribution in [0.25, 0.3) is 0 Å². The summed E-state index contributed by atoms with van der Waals surface area (Å²) in [5.74, 6) is 0. The van der Waals surface area contributed by atoms with Gasteiger partial charge in [0.15, 0.2) is 0 Å². The maximum absolute atomic E-state index is 10.6. The van der Waals surface area contributed by atoms with Crippen molar-refractivity contribution in [3.8, 4) is 0 Å². The first-order valence-corrected chi connectivity index (χ1v) is 5.50. The number of nitrogens with two attached hydrogens (primary N) is 1. The van der Waals surface area contributed by atoms with Crippen LogP contribution in [0.2, 0.25) is 0 Å². The van der Waals surface area contributed by atoms with Crippen LogP contribution in [0.15, 0.2) is 0 Å². The Morgan fingerprint density at radius 3 is 2.36 bits per heavy atom. The minimum absolute atomic E-state index is 0.00799. The molecule has 3 nitrogen and oxygen atoms in total. The molecule has 0 spiro atoms. The molecule has 1 atom stereocenters. The van der Waals surface area contributed by atoms with Crippen LogP contribution in [0, 0.1) is 5.41 Å². The molecule has 2 aliphatic rings. The van der Waals surface area contributed by atoms with Gasteiger partial charge in [0.05, 0.1) is 17.8 Å². The van der Waals surface area contributed by atoms with Crippen molar-refractivity contribution in [3.63, 3.8) is 0 Å². The molecule has 0 bridgehead atoms. The first-order valence-electron chi connectivity index (χ1n) is 5.50. The van der Waals surface area contributed by atoms with Gasteiger partial charge in [0.25, 0.3) is 0 Å². The topological polar surface area (TPSA) is 55.5 Å². The number of rotatable bonds is 2. The Labute approximate surface area is 85.6 Å². The van der Waals surface area contributed by atoms with Crippen LogP contribution >= 0.6 is 0 Å². The number of hydrogen-bond donors (Lipinski definition) is 2. The summed E-state index contributed by atoms with van der Waals surface area (Å²) in [7, 11) is 0. The van der Waals surface area contributed by atoms with Crippen molar-refractivity contribution in [2.45, 2.75) is 50.7 Å². The monoisotopic (exact) mass is 199 g/mol. The van der Waals surface area contributed by atoms with E-state index in [0.29, 0.717) is 13.2 Å². The zero-order valence-corrected chi connectivity index (χ0v) is 9.18. The predicted octanol–water partition coefficient (Wildman–Crippen LogP) is 1.05. The molecule has 0 aromatic heterocycles. The molecule has 0 amide bonds. The third kappa shape index (κ3) is 1.47. The van der Waals surface area contributed by atoms with Gasteiger partial charge in [-0.25, -0.2) is 0 Å². The molecule has 1 unspecified atom stereocenters. The lowest BCUT2D eigenvalue weighted by atomic mass is 9.73. The van der Waals surface area contributed by atoms with Gasteiger partial charge in [-0.05, 0) is 26.7 Å². The lowest BCUT2D eigenvalue weighted by molar-refractivity contribution is -0.171. The zero-order chi connectivity index (χ0) is 10.4. The molecule has 3 N–H and O–H groups in total. The third-order valence-corrected chi connectivity index (χ3v) is 3.96. The van der Waals surface area contributed by atoms with Crippen molar-refractivity contribution >= 4 is 0 Å². The Bertz CT molecular complexity index is 235. The molecule has 2 fully saturated rings. The lowest BCUT2D eigenvalue weighted by Crippen LogP contribution is -2.53. The Morgan fingerprint density at radius 2 is 1.93 bits per heavy atom. The van der Waals surface area contributed by atoms with Gasteiger partial charge in [-0.3, -0.25) is 0 Å². The second-order valence-electron chi connectivity index (χ2n) is 5.55. The van der Waals surface area contributed by atoms with Gasteiger partial charge in [0.2, 0.25) is 0 Å². The van der Waals surface area contributed by atoms with Gasteiger partial charge in [0, 0.05) is 24.8 Å². The van der Waals surface area contributed by atoms with E-state index in [1.807, 2.05) is 13.8 Å². The van der Waals surface area contributed by atoms with Crippen LogP contribution in [-0.2, 0) is 4.74 Å². The Hall–Kier alpha value is -0.120. The smallest absolute Gasteiger partial charge is 0.0764 e. The predicted molar refractivity (Wildman–Crippen MR) is 54.9 cm³/mol. The molecule has 1 aliphatic carbocycles. The highest BCUT2D eigenvalue weighted by Crippen LogP contribution is 2.58. The van der Waals surface area contributed by atoms with Crippen molar-refractivity contribution in [2.75, 3.05) is 13.2 Å². The molecule has 0 aromatic rings. The van der Waals surface area contributed by atoms with Crippen LogP contribution in [0.4, 0.5) is 0 Å². The van der Waals surface area contributed by atoms with Gasteiger partial charge >= 0.3 is 0 Å². The summed E-state index contributed by atoms with van der Waals surface area (Å²) >= 11 is 0. The average molecular weight is 199 g/mol. The first kappa shape index (κ1) is 10.4. The normalized spacial score (nSPS) is 39.4. The van der Waals surface area contributed by atoms with Crippen LogP contribution < -0.4 is 5.73 Å². The van der Waals surface area contributed by atoms with E-state index in [1.165, 1.54) is 0 Å². The minimum Gasteiger partial charge on any atom is -0.389 e. The molecule has 1 aliphatic heterocycles. The fourth-order valence-electron chi connectivity index (χ4n) is 2.80. The Balaban J connectivity index is 2.15. The Kier molecular flexibility index (Phi) is 2.18. The molecule has 1 saturated heterocycles. The van der Waals surface area contributed by atoms with E-state index in [1.54, 1.807) is 0 Å². The van der Waals surface area contributed by atoms with Crippen LogP contribution in [0.3, 0.4) is 0 Å². The van der Waals surface area contributed by atoms with Gasteiger partial charge in [-0.2, -0.15) is 0 Å². The third-order valence-electron chi connectivity index (χ3n) is 3.96. The standard InChI is InChI=1S/C11H21NO2/c1-9(2)7-11(13,5-6-14-9)10(8-12)3-4-10/h13H,3-8,12H2,1-2H3. The van der Waals surface area contributed by atoms with Crippen LogP contribution in [-0.4, -0.2) is 29.5 Å². The molecule has 3 heteroatoms. The van der Waals surface area contributed by atoms with Crippen LogP contribution in [0.5, 0.6) is 0 Å². The second-order valence-corrected chi connectivity index (χ2v) is 5.55. The molecular weight excluding hydrogens is 178 g/mol. The summed E-state index contributed by atoms with van der Waals surface area (Å²) in [5.41, 5.74) is 5.00. The maximum Gasteiger partial charge on any atom is 0.0764 e. The highest BCUT2D eigenvalue weighted by Gasteiger charge is 2.60. The van der Waals surface area contributed by atoms with E-state index < -0.39 is 5.60 Å². The molecule has 14 heavy (non-hydrogen) atoms. The van der Waals surface area contributed by atoms with E-state index in [0.717, 1.165) is 25.7 Å². The molecule has 2 rings (SSSR count). The SMILES string of the molecule is CC1(C)CC(O)(C2(CN)CC2)CCO1. The highest BCUT2D eigenvalue weighted by molar-refractivity contribution is 5.11. The molecule has 1 heterocycles. The van der Waals surface area contributed by atoms with E-state index in [-0.39, 0.29) is 11.0 Å². The summed E-state index contributed by atoms with van der Waals surface area (Å²) in [6, 6.07) is 0. The molecule has 0 aromatic carbocycles. The van der Waals surface area contributed by atoms with Crippen molar-refractivity contribution in [2.24, 2.45) is 11.1 Å². The highest BCUT2D eigenvalue weighted by atomic mass is 16.5. The molecule has 1 saturated carbocycles. The van der Waals surface area contributed by atoms with Gasteiger partial charge in [0.1, 0.15) is 0 Å². The van der Waals surface area contributed by atoms with E-state index in [2.05, 4.69) is 0 Å². The molecule has 82 valence electrons. The fraction of sp³-hybridized carbons (Fsp3) is 1.00. The summed E-state index contributed by atoms with van der Waals surface area (Å²) in [5, 5.41) is 10.6. The van der Waals surface area contributed by atoms with Gasteiger partial charge in [-0.15, -0.1) is 0 Å². The van der Waals surface area contributed by atoms with Crippen LogP contribution in [0.1, 0.15) is 39.5 Å². The summed E-state index contributed by atoms with van der Waals surface area (Å²) < 4.78 is 5.63. The van der Waals surface area contributed by atoms with Crippen molar-refractivity contribution < 1.29 is 9.84 Å². The zero-order valence-electron chi connectivity index (χ0n) is 9.18. The maximum atomic E-state index is 10.6. The van der Waals surface area contributed by atoms with Crippen molar-refractivity contribution in [1.29, 1.82) is 0 Å². The minimum atomic E-state index is -0.580. The first-order chi connectivity index (χ1) is 6.43. The fourth-order valence-corrected chi connectivity index (χ4v) is 2.80. The van der Waals surface area contributed by atoms with Crippen molar-refractivity contribution in [3.05, 3.63) is 0 Å². The number of hydrogen-bond acceptors (Lipinski definition) is 3. The second kappa shape index (κ2) is 2.94. The molecule has 0 radical (unpaired) electrons. The molecular formula is C11H21NO2. The van der Waals surface area contributed by atoms with Gasteiger partial charge in [-0.1, -0.05) is 0 Å². The summed E-state index contributed by atoms with van der Waals surface area (Å²) in [6.07, 6.45) is 3.62. The van der Waals surface area contributed by atoms with E-state index >= 15 is 0 Å². The summed E-state index contributed by atoms with van der Waals surface area (Å²) in [6.45, 7) is 5.36. The van der Waals surface area contributed by atoms with E-state index in [4.69, 9.17) is 10.5 Å². The van der Waals surface area contributed by atoms with Crippen molar-refractivity contribution in [1.82, 2.24) is 0 Å². The van der Waals surface area contributed by atoms with E-state index in [9.17, 15) is 5.11 Å². The quantitative estimate of drug-likeness (QED) is 0.699. The van der Waals surface area contributed by atoms with Gasteiger partial charge < -0.3 is 15.6 Å². The Morgan fingerprint density at radius 1 is 1.29 bits per heavy atom. The lowest BCUT2D eigenvalue weighted by Gasteiger charge is -2.46. The number of ether oxygens (including phenoxy) is 1. The average Bonchev–Trinajstić information content (AvgIpc) is 2.81.